The van der Waals surface area contributed by atoms with Crippen LogP contribution in [0.5, 0.6) is 0 Å². The van der Waals surface area contributed by atoms with E-state index in [0.29, 0.717) is 5.95 Å². The topological polar surface area (TPSA) is 60.0 Å². The number of rotatable bonds is 6. The zero-order valence-corrected chi connectivity index (χ0v) is 10.4. The van der Waals surface area contributed by atoms with Crippen LogP contribution in [0.3, 0.4) is 0 Å². The Morgan fingerprint density at radius 1 is 1.40 bits per heavy atom. The van der Waals surface area contributed by atoms with Gasteiger partial charge in [0, 0.05) is 6.54 Å². The first kappa shape index (κ1) is 12.3. The van der Waals surface area contributed by atoms with E-state index in [1.807, 2.05) is 4.57 Å². The average Bonchev–Trinajstić information content (AvgIpc) is 2.50. The van der Waals surface area contributed by atoms with Crippen molar-refractivity contribution >= 4 is 17.7 Å². The van der Waals surface area contributed by atoms with E-state index in [1.165, 1.54) is 0 Å². The highest BCUT2D eigenvalue weighted by atomic mass is 32.2. The molecule has 0 saturated carbocycles. The Labute approximate surface area is 95.0 Å². The molecule has 1 heterocycles. The van der Waals surface area contributed by atoms with Gasteiger partial charge in [-0.1, -0.05) is 18.7 Å². The normalized spacial score (nSPS) is 11.2. The second kappa shape index (κ2) is 5.97. The minimum atomic E-state index is 0.518. The van der Waals surface area contributed by atoms with Gasteiger partial charge in [0.15, 0.2) is 5.16 Å². The fraction of sp³-hybridized carbons (Fsp3) is 0.778. The smallest absolute Gasteiger partial charge is 0.222 e. The summed E-state index contributed by atoms with van der Waals surface area (Å²) in [6.45, 7) is 4.03. The molecule has 86 valence electrons. The predicted octanol–water partition coefficient (Wildman–Crippen LogP) is 0.924. The lowest BCUT2D eigenvalue weighted by Crippen LogP contribution is -2.16. The second-order valence-electron chi connectivity index (χ2n) is 3.58. The summed E-state index contributed by atoms with van der Waals surface area (Å²) < 4.78 is 1.98. The maximum absolute atomic E-state index is 5.75. The van der Waals surface area contributed by atoms with Gasteiger partial charge in [-0.2, -0.15) is 0 Å². The van der Waals surface area contributed by atoms with Crippen molar-refractivity contribution in [2.75, 3.05) is 32.1 Å². The Kier molecular flexibility index (Phi) is 4.90. The van der Waals surface area contributed by atoms with Crippen LogP contribution in [0.15, 0.2) is 5.16 Å². The molecular formula is C9H19N5S. The minimum Gasteiger partial charge on any atom is -0.368 e. The number of anilines is 1. The Morgan fingerprint density at radius 3 is 2.73 bits per heavy atom. The molecule has 0 unspecified atom stereocenters. The Bertz CT molecular complexity index is 297. The molecule has 0 aliphatic heterocycles. The fourth-order valence-corrected chi connectivity index (χ4v) is 1.99. The highest BCUT2D eigenvalue weighted by Crippen LogP contribution is 2.17. The minimum absolute atomic E-state index is 0.518. The fourth-order valence-electron chi connectivity index (χ4n) is 1.29. The molecule has 0 radical (unpaired) electrons. The van der Waals surface area contributed by atoms with Gasteiger partial charge < -0.3 is 10.6 Å². The SMILES string of the molecule is CCSc1nnc(N)n1CCCN(C)C. The quantitative estimate of drug-likeness (QED) is 0.735. The highest BCUT2D eigenvalue weighted by Gasteiger charge is 2.08. The van der Waals surface area contributed by atoms with Gasteiger partial charge in [0.1, 0.15) is 0 Å². The van der Waals surface area contributed by atoms with Crippen LogP contribution in [-0.4, -0.2) is 46.1 Å². The molecule has 0 aliphatic rings. The Balaban J connectivity index is 2.54. The van der Waals surface area contributed by atoms with Crippen LogP contribution in [0.25, 0.3) is 0 Å². The van der Waals surface area contributed by atoms with Gasteiger partial charge in [0.25, 0.3) is 0 Å². The van der Waals surface area contributed by atoms with Gasteiger partial charge in [-0.15, -0.1) is 10.2 Å². The van der Waals surface area contributed by atoms with Gasteiger partial charge in [0.2, 0.25) is 5.95 Å². The van der Waals surface area contributed by atoms with Crippen LogP contribution >= 0.6 is 11.8 Å². The van der Waals surface area contributed by atoms with Crippen molar-refractivity contribution < 1.29 is 0 Å². The first-order valence-corrected chi connectivity index (χ1v) is 6.10. The molecule has 0 bridgehead atoms. The number of hydrogen-bond donors (Lipinski definition) is 1. The Hall–Kier alpha value is -0.750. The molecule has 0 spiro atoms. The molecule has 0 saturated heterocycles. The largest absolute Gasteiger partial charge is 0.368 e. The van der Waals surface area contributed by atoms with Crippen LogP contribution in [0.4, 0.5) is 5.95 Å². The molecule has 0 fully saturated rings. The van der Waals surface area contributed by atoms with Crippen molar-refractivity contribution in [3.05, 3.63) is 0 Å². The number of hydrogen-bond acceptors (Lipinski definition) is 5. The molecule has 0 atom stereocenters. The molecule has 0 amide bonds. The summed E-state index contributed by atoms with van der Waals surface area (Å²) in [6.07, 6.45) is 1.06. The summed E-state index contributed by atoms with van der Waals surface area (Å²) >= 11 is 1.68. The van der Waals surface area contributed by atoms with Crippen LogP contribution in [0, 0.1) is 0 Å². The Morgan fingerprint density at radius 2 is 2.13 bits per heavy atom. The third-order valence-corrected chi connectivity index (χ3v) is 2.85. The van der Waals surface area contributed by atoms with E-state index in [1.54, 1.807) is 11.8 Å². The molecule has 1 aromatic heterocycles. The first-order valence-electron chi connectivity index (χ1n) is 5.11. The number of nitrogens with zero attached hydrogens (tertiary/aromatic N) is 4. The van der Waals surface area contributed by atoms with E-state index in [2.05, 4.69) is 36.1 Å². The van der Waals surface area contributed by atoms with Gasteiger partial charge in [-0.3, -0.25) is 4.57 Å². The van der Waals surface area contributed by atoms with Crippen molar-refractivity contribution in [2.24, 2.45) is 0 Å². The van der Waals surface area contributed by atoms with Crippen molar-refractivity contribution in [3.8, 4) is 0 Å². The van der Waals surface area contributed by atoms with Gasteiger partial charge in [-0.05, 0) is 32.8 Å². The third kappa shape index (κ3) is 3.71. The summed E-state index contributed by atoms with van der Waals surface area (Å²) in [5.41, 5.74) is 5.75. The monoisotopic (exact) mass is 229 g/mol. The van der Waals surface area contributed by atoms with E-state index in [4.69, 9.17) is 5.73 Å². The van der Waals surface area contributed by atoms with E-state index in [9.17, 15) is 0 Å². The third-order valence-electron chi connectivity index (χ3n) is 2.01. The number of thioether (sulfide) groups is 1. The average molecular weight is 229 g/mol. The van der Waals surface area contributed by atoms with E-state index in [0.717, 1.165) is 30.4 Å². The molecule has 1 rings (SSSR count). The van der Waals surface area contributed by atoms with Crippen LogP contribution in [0.1, 0.15) is 13.3 Å². The van der Waals surface area contributed by atoms with E-state index in [-0.39, 0.29) is 0 Å². The summed E-state index contributed by atoms with van der Waals surface area (Å²) in [5, 5.41) is 8.85. The molecule has 0 aliphatic carbocycles. The zero-order chi connectivity index (χ0) is 11.3. The molecule has 6 heteroatoms. The van der Waals surface area contributed by atoms with E-state index >= 15 is 0 Å². The van der Waals surface area contributed by atoms with Gasteiger partial charge in [-0.25, -0.2) is 0 Å². The summed E-state index contributed by atoms with van der Waals surface area (Å²) in [6, 6.07) is 0. The molecular weight excluding hydrogens is 210 g/mol. The summed E-state index contributed by atoms with van der Waals surface area (Å²) in [7, 11) is 4.13. The van der Waals surface area contributed by atoms with Gasteiger partial charge >= 0.3 is 0 Å². The number of nitrogen functional groups attached to an aromatic ring is 1. The van der Waals surface area contributed by atoms with Crippen molar-refractivity contribution in [2.45, 2.75) is 25.0 Å². The van der Waals surface area contributed by atoms with Crippen molar-refractivity contribution in [3.63, 3.8) is 0 Å². The highest BCUT2D eigenvalue weighted by molar-refractivity contribution is 7.99. The lowest BCUT2D eigenvalue weighted by molar-refractivity contribution is 0.383. The lowest BCUT2D eigenvalue weighted by Gasteiger charge is -2.11. The van der Waals surface area contributed by atoms with E-state index < -0.39 is 0 Å². The summed E-state index contributed by atoms with van der Waals surface area (Å²) in [5.74, 6) is 1.51. The second-order valence-corrected chi connectivity index (χ2v) is 4.81. The van der Waals surface area contributed by atoms with Crippen molar-refractivity contribution in [1.82, 2.24) is 19.7 Å². The van der Waals surface area contributed by atoms with Crippen molar-refractivity contribution in [1.29, 1.82) is 0 Å². The summed E-state index contributed by atoms with van der Waals surface area (Å²) in [4.78, 5) is 2.16. The lowest BCUT2D eigenvalue weighted by atomic mass is 10.4. The standard InChI is InChI=1S/C9H19N5S/c1-4-15-9-12-11-8(10)14(9)7-5-6-13(2)3/h4-7H2,1-3H3,(H2,10,11). The molecule has 15 heavy (non-hydrogen) atoms. The predicted molar refractivity (Wildman–Crippen MR) is 64.0 cm³/mol. The van der Waals surface area contributed by atoms with Crippen LogP contribution < -0.4 is 5.73 Å². The maximum atomic E-state index is 5.75. The molecule has 1 aromatic rings. The number of aromatic nitrogens is 3. The zero-order valence-electron chi connectivity index (χ0n) is 9.60. The first-order chi connectivity index (χ1) is 7.15. The number of nitrogens with two attached hydrogens (primary N) is 1. The van der Waals surface area contributed by atoms with Crippen LogP contribution in [-0.2, 0) is 6.54 Å². The molecule has 2 N–H and O–H groups in total. The van der Waals surface area contributed by atoms with Crippen LogP contribution in [0.2, 0.25) is 0 Å². The molecule has 5 nitrogen and oxygen atoms in total. The van der Waals surface area contributed by atoms with Gasteiger partial charge in [0.05, 0.1) is 0 Å². The molecule has 0 aromatic carbocycles. The maximum Gasteiger partial charge on any atom is 0.222 e.